The fourth-order valence-corrected chi connectivity index (χ4v) is 1.97. The molecule has 1 saturated carbocycles. The molecule has 0 aromatic heterocycles. The standard InChI is InChI=1S/C10H11BrFN/c11-8-3-7(4-9(12)5-8)6-10(13)1-2-10/h3-5H,1-2,6,13H2. The lowest BCUT2D eigenvalue weighted by molar-refractivity contribution is 0.617. The Bertz CT molecular complexity index is 313. The van der Waals surface area contributed by atoms with Crippen LogP contribution in [0.25, 0.3) is 0 Å². The lowest BCUT2D eigenvalue weighted by atomic mass is 10.1. The Morgan fingerprint density at radius 3 is 2.62 bits per heavy atom. The van der Waals surface area contributed by atoms with Gasteiger partial charge in [-0.2, -0.15) is 0 Å². The molecule has 1 aliphatic carbocycles. The minimum atomic E-state index is -0.200. The highest BCUT2D eigenvalue weighted by molar-refractivity contribution is 9.10. The number of hydrogen-bond donors (Lipinski definition) is 1. The smallest absolute Gasteiger partial charge is 0.124 e. The molecule has 0 heterocycles. The van der Waals surface area contributed by atoms with Crippen molar-refractivity contribution in [1.82, 2.24) is 0 Å². The number of rotatable bonds is 2. The van der Waals surface area contributed by atoms with E-state index in [2.05, 4.69) is 15.9 Å². The van der Waals surface area contributed by atoms with E-state index in [4.69, 9.17) is 5.73 Å². The second-order valence-corrected chi connectivity index (χ2v) is 4.73. The van der Waals surface area contributed by atoms with Gasteiger partial charge in [0.25, 0.3) is 0 Å². The van der Waals surface area contributed by atoms with E-state index < -0.39 is 0 Å². The van der Waals surface area contributed by atoms with E-state index in [9.17, 15) is 4.39 Å². The van der Waals surface area contributed by atoms with Crippen LogP contribution < -0.4 is 5.73 Å². The van der Waals surface area contributed by atoms with Crippen molar-refractivity contribution in [3.63, 3.8) is 0 Å². The van der Waals surface area contributed by atoms with Gasteiger partial charge in [-0.15, -0.1) is 0 Å². The monoisotopic (exact) mass is 243 g/mol. The second-order valence-electron chi connectivity index (χ2n) is 3.82. The molecule has 0 saturated heterocycles. The summed E-state index contributed by atoms with van der Waals surface area (Å²) in [5.74, 6) is -0.200. The first-order chi connectivity index (χ1) is 6.07. The van der Waals surface area contributed by atoms with Crippen molar-refractivity contribution in [3.8, 4) is 0 Å². The predicted octanol–water partition coefficient (Wildman–Crippen LogP) is 2.62. The second kappa shape index (κ2) is 3.07. The number of halogens is 2. The van der Waals surface area contributed by atoms with E-state index in [1.807, 2.05) is 6.07 Å². The quantitative estimate of drug-likeness (QED) is 0.850. The molecule has 1 aromatic rings. The molecule has 70 valence electrons. The maximum atomic E-state index is 13.0. The summed E-state index contributed by atoms with van der Waals surface area (Å²) >= 11 is 3.26. The third-order valence-electron chi connectivity index (χ3n) is 2.37. The third-order valence-corrected chi connectivity index (χ3v) is 2.83. The first-order valence-corrected chi connectivity index (χ1v) is 5.11. The summed E-state index contributed by atoms with van der Waals surface area (Å²) in [6.07, 6.45) is 2.89. The SMILES string of the molecule is NC1(Cc2cc(F)cc(Br)c2)CC1. The molecule has 0 aliphatic heterocycles. The predicted molar refractivity (Wildman–Crippen MR) is 54.0 cm³/mol. The fraction of sp³-hybridized carbons (Fsp3) is 0.400. The minimum Gasteiger partial charge on any atom is -0.325 e. The summed E-state index contributed by atoms with van der Waals surface area (Å²) in [6.45, 7) is 0. The van der Waals surface area contributed by atoms with Crippen LogP contribution in [0.15, 0.2) is 22.7 Å². The molecule has 1 aromatic carbocycles. The van der Waals surface area contributed by atoms with Gasteiger partial charge in [0, 0.05) is 10.0 Å². The lowest BCUT2D eigenvalue weighted by Crippen LogP contribution is -2.24. The molecule has 2 rings (SSSR count). The van der Waals surface area contributed by atoms with E-state index in [-0.39, 0.29) is 11.4 Å². The molecular formula is C10H11BrFN. The van der Waals surface area contributed by atoms with E-state index >= 15 is 0 Å². The Labute approximate surface area is 85.3 Å². The van der Waals surface area contributed by atoms with Crippen LogP contribution >= 0.6 is 15.9 Å². The van der Waals surface area contributed by atoms with Crippen LogP contribution in [0, 0.1) is 5.82 Å². The molecule has 2 N–H and O–H groups in total. The van der Waals surface area contributed by atoms with Crippen molar-refractivity contribution in [2.75, 3.05) is 0 Å². The maximum absolute atomic E-state index is 13.0. The summed E-state index contributed by atoms with van der Waals surface area (Å²) in [5.41, 5.74) is 6.87. The molecule has 3 heteroatoms. The first kappa shape index (κ1) is 9.16. The average molecular weight is 244 g/mol. The van der Waals surface area contributed by atoms with Gasteiger partial charge < -0.3 is 5.73 Å². The average Bonchev–Trinajstić information content (AvgIpc) is 2.64. The Kier molecular flexibility index (Phi) is 2.16. The van der Waals surface area contributed by atoms with Crippen LogP contribution in [-0.2, 0) is 6.42 Å². The van der Waals surface area contributed by atoms with Gasteiger partial charge in [0.15, 0.2) is 0 Å². The van der Waals surface area contributed by atoms with Crippen LogP contribution in [-0.4, -0.2) is 5.54 Å². The summed E-state index contributed by atoms with van der Waals surface area (Å²) < 4.78 is 13.7. The fourth-order valence-electron chi connectivity index (χ4n) is 1.46. The van der Waals surface area contributed by atoms with Gasteiger partial charge in [-0.1, -0.05) is 15.9 Å². The lowest BCUT2D eigenvalue weighted by Gasteiger charge is -2.08. The van der Waals surface area contributed by atoms with Crippen LogP contribution in [0.4, 0.5) is 4.39 Å². The highest BCUT2D eigenvalue weighted by Crippen LogP contribution is 2.36. The van der Waals surface area contributed by atoms with Crippen molar-refractivity contribution < 1.29 is 4.39 Å². The zero-order chi connectivity index (χ0) is 9.47. The Balaban J connectivity index is 2.20. The molecule has 13 heavy (non-hydrogen) atoms. The summed E-state index contributed by atoms with van der Waals surface area (Å²) in [5, 5.41) is 0. The normalized spacial score (nSPS) is 18.7. The molecule has 0 radical (unpaired) electrons. The van der Waals surface area contributed by atoms with E-state index in [1.165, 1.54) is 6.07 Å². The third kappa shape index (κ3) is 2.29. The molecule has 0 spiro atoms. The van der Waals surface area contributed by atoms with Crippen molar-refractivity contribution >= 4 is 15.9 Å². The minimum absolute atomic E-state index is 0.0484. The summed E-state index contributed by atoms with van der Waals surface area (Å²) in [4.78, 5) is 0. The van der Waals surface area contributed by atoms with Crippen LogP contribution in [0.5, 0.6) is 0 Å². The molecular weight excluding hydrogens is 233 g/mol. The zero-order valence-electron chi connectivity index (χ0n) is 7.19. The van der Waals surface area contributed by atoms with Crippen LogP contribution in [0.3, 0.4) is 0 Å². The zero-order valence-corrected chi connectivity index (χ0v) is 8.77. The van der Waals surface area contributed by atoms with Gasteiger partial charge in [-0.3, -0.25) is 0 Å². The summed E-state index contributed by atoms with van der Waals surface area (Å²) in [7, 11) is 0. The van der Waals surface area contributed by atoms with E-state index in [0.29, 0.717) is 0 Å². The first-order valence-electron chi connectivity index (χ1n) is 4.31. The van der Waals surface area contributed by atoms with Crippen molar-refractivity contribution in [3.05, 3.63) is 34.1 Å². The van der Waals surface area contributed by atoms with Crippen molar-refractivity contribution in [2.24, 2.45) is 5.73 Å². The molecule has 0 amide bonds. The van der Waals surface area contributed by atoms with Gasteiger partial charge in [0.1, 0.15) is 5.82 Å². The Morgan fingerprint density at radius 1 is 1.38 bits per heavy atom. The summed E-state index contributed by atoms with van der Waals surface area (Å²) in [6, 6.07) is 4.94. The van der Waals surface area contributed by atoms with Crippen molar-refractivity contribution in [1.29, 1.82) is 0 Å². The number of hydrogen-bond acceptors (Lipinski definition) is 1. The van der Waals surface area contributed by atoms with Gasteiger partial charge in [0.05, 0.1) is 0 Å². The molecule has 1 aliphatic rings. The largest absolute Gasteiger partial charge is 0.325 e. The molecule has 0 atom stereocenters. The van der Waals surface area contributed by atoms with Gasteiger partial charge in [-0.05, 0) is 43.0 Å². The molecule has 1 fully saturated rings. The van der Waals surface area contributed by atoms with Gasteiger partial charge in [0.2, 0.25) is 0 Å². The molecule has 1 nitrogen and oxygen atoms in total. The van der Waals surface area contributed by atoms with Crippen LogP contribution in [0.2, 0.25) is 0 Å². The number of nitrogens with two attached hydrogens (primary N) is 1. The highest BCUT2D eigenvalue weighted by atomic mass is 79.9. The topological polar surface area (TPSA) is 26.0 Å². The Morgan fingerprint density at radius 2 is 2.08 bits per heavy atom. The maximum Gasteiger partial charge on any atom is 0.124 e. The van der Waals surface area contributed by atoms with Crippen LogP contribution in [0.1, 0.15) is 18.4 Å². The molecule has 0 bridgehead atoms. The van der Waals surface area contributed by atoms with E-state index in [1.54, 1.807) is 6.07 Å². The highest BCUT2D eigenvalue weighted by Gasteiger charge is 2.37. The Hall–Kier alpha value is -0.410. The van der Waals surface area contributed by atoms with E-state index in [0.717, 1.165) is 29.3 Å². The number of benzene rings is 1. The van der Waals surface area contributed by atoms with Gasteiger partial charge >= 0.3 is 0 Å². The van der Waals surface area contributed by atoms with Crippen molar-refractivity contribution in [2.45, 2.75) is 24.8 Å². The van der Waals surface area contributed by atoms with Gasteiger partial charge in [-0.25, -0.2) is 4.39 Å². The molecule has 0 unspecified atom stereocenters.